The predicted octanol–water partition coefficient (Wildman–Crippen LogP) is 1.33. The molecular weight excluding hydrogens is 364 g/mol. The van der Waals surface area contributed by atoms with Crippen molar-refractivity contribution in [2.24, 2.45) is 0 Å². The predicted molar refractivity (Wildman–Crippen MR) is 98.2 cm³/mol. The van der Waals surface area contributed by atoms with Crippen LogP contribution in [0.5, 0.6) is 0 Å². The molecule has 0 saturated carbocycles. The smallest absolute Gasteiger partial charge is 0.323 e. The Balaban J connectivity index is 3.03. The van der Waals surface area contributed by atoms with Gasteiger partial charge in [-0.25, -0.2) is 8.42 Å². The summed E-state index contributed by atoms with van der Waals surface area (Å²) in [6.07, 6.45) is 2.13. The molecule has 0 radical (unpaired) electrons. The molecule has 1 aromatic carbocycles. The van der Waals surface area contributed by atoms with E-state index in [1.807, 2.05) is 13.2 Å². The Bertz CT molecular complexity index is 689. The highest BCUT2D eigenvalue weighted by Crippen LogP contribution is 2.13. The highest BCUT2D eigenvalue weighted by Gasteiger charge is 2.29. The van der Waals surface area contributed by atoms with Crippen LogP contribution in [0.25, 0.3) is 0 Å². The first kappa shape index (κ1) is 21.5. The number of carboxylic acid groups (broad SMARTS) is 1. The molecule has 0 spiro atoms. The zero-order chi connectivity index (χ0) is 19.0. The number of amides is 1. The molecule has 0 aromatic heterocycles. The summed E-state index contributed by atoms with van der Waals surface area (Å²) in [4.78, 5) is 24.7. The minimum Gasteiger partial charge on any atom is -0.480 e. The van der Waals surface area contributed by atoms with E-state index in [2.05, 4.69) is 4.72 Å². The van der Waals surface area contributed by atoms with Crippen molar-refractivity contribution in [2.45, 2.75) is 31.2 Å². The van der Waals surface area contributed by atoms with Gasteiger partial charge in [-0.2, -0.15) is 16.5 Å². The Morgan fingerprint density at radius 1 is 1.28 bits per heavy atom. The van der Waals surface area contributed by atoms with Crippen LogP contribution >= 0.6 is 11.8 Å². The van der Waals surface area contributed by atoms with Gasteiger partial charge in [0.15, 0.2) is 0 Å². The number of aryl methyl sites for hydroxylation is 1. The zero-order valence-electron chi connectivity index (χ0n) is 14.6. The fourth-order valence-corrected chi connectivity index (χ4v) is 3.87. The summed E-state index contributed by atoms with van der Waals surface area (Å²) in [5, 5.41) is 8.92. The van der Waals surface area contributed by atoms with E-state index in [0.717, 1.165) is 10.5 Å². The lowest BCUT2D eigenvalue weighted by Crippen LogP contribution is -2.50. The number of carbonyl (C=O) groups is 2. The molecule has 7 nitrogen and oxygen atoms in total. The van der Waals surface area contributed by atoms with Gasteiger partial charge in [-0.3, -0.25) is 9.59 Å². The van der Waals surface area contributed by atoms with E-state index in [1.165, 1.54) is 23.9 Å². The first-order valence-corrected chi connectivity index (χ1v) is 10.7. The second-order valence-electron chi connectivity index (χ2n) is 5.51. The molecule has 0 saturated heterocycles. The van der Waals surface area contributed by atoms with Crippen molar-refractivity contribution in [2.75, 3.05) is 25.1 Å². The van der Waals surface area contributed by atoms with Crippen LogP contribution < -0.4 is 4.72 Å². The van der Waals surface area contributed by atoms with E-state index in [9.17, 15) is 18.0 Å². The standard InChI is InChI=1S/C16H24N2O5S2/c1-4-18(11-15(19)20)16(21)14(9-10-24-3)17-25(22,23)13-7-5-12(2)6-8-13/h5-8,14,17H,4,9-11H2,1-3H3,(H,19,20). The van der Waals surface area contributed by atoms with Gasteiger partial charge in [0.2, 0.25) is 15.9 Å². The van der Waals surface area contributed by atoms with Crippen LogP contribution in [0.2, 0.25) is 0 Å². The Kier molecular flexibility index (Phi) is 8.40. The van der Waals surface area contributed by atoms with Crippen molar-refractivity contribution >= 4 is 33.7 Å². The first-order valence-electron chi connectivity index (χ1n) is 7.79. The van der Waals surface area contributed by atoms with E-state index in [-0.39, 0.29) is 17.9 Å². The Morgan fingerprint density at radius 3 is 2.36 bits per heavy atom. The number of aliphatic carboxylic acids is 1. The minimum absolute atomic E-state index is 0.0707. The van der Waals surface area contributed by atoms with E-state index in [1.54, 1.807) is 19.1 Å². The molecule has 9 heteroatoms. The van der Waals surface area contributed by atoms with Crippen LogP contribution in [-0.4, -0.2) is 61.4 Å². The maximum Gasteiger partial charge on any atom is 0.323 e. The third kappa shape index (κ3) is 6.68. The van der Waals surface area contributed by atoms with E-state index in [0.29, 0.717) is 5.75 Å². The van der Waals surface area contributed by atoms with Gasteiger partial charge < -0.3 is 10.0 Å². The highest BCUT2D eigenvalue weighted by molar-refractivity contribution is 7.98. The minimum atomic E-state index is -3.88. The number of thioether (sulfide) groups is 1. The average molecular weight is 389 g/mol. The van der Waals surface area contributed by atoms with Gasteiger partial charge in [0, 0.05) is 6.54 Å². The molecule has 1 unspecified atom stereocenters. The number of hydrogen-bond acceptors (Lipinski definition) is 5. The van der Waals surface area contributed by atoms with Crippen LogP contribution in [-0.2, 0) is 19.6 Å². The molecule has 140 valence electrons. The fraction of sp³-hybridized carbons (Fsp3) is 0.500. The van der Waals surface area contributed by atoms with Gasteiger partial charge in [0.25, 0.3) is 0 Å². The number of carboxylic acids is 1. The maximum atomic E-state index is 12.6. The van der Waals surface area contributed by atoms with Crippen LogP contribution in [0.1, 0.15) is 18.9 Å². The Hall–Kier alpha value is -1.58. The van der Waals surface area contributed by atoms with Gasteiger partial charge in [0.1, 0.15) is 12.6 Å². The molecule has 0 aliphatic rings. The molecule has 0 heterocycles. The summed E-state index contributed by atoms with van der Waals surface area (Å²) in [5.74, 6) is -1.10. The molecule has 25 heavy (non-hydrogen) atoms. The van der Waals surface area contributed by atoms with Crippen molar-refractivity contribution in [3.63, 3.8) is 0 Å². The van der Waals surface area contributed by atoms with Crippen LogP contribution in [0, 0.1) is 6.92 Å². The second-order valence-corrected chi connectivity index (χ2v) is 8.21. The number of rotatable bonds is 10. The normalized spacial score (nSPS) is 12.6. The number of nitrogens with zero attached hydrogens (tertiary/aromatic N) is 1. The lowest BCUT2D eigenvalue weighted by Gasteiger charge is -2.25. The molecule has 0 fully saturated rings. The third-order valence-corrected chi connectivity index (χ3v) is 5.69. The van der Waals surface area contributed by atoms with Gasteiger partial charge in [-0.05, 0) is 44.4 Å². The summed E-state index contributed by atoms with van der Waals surface area (Å²) in [7, 11) is -3.88. The summed E-state index contributed by atoms with van der Waals surface area (Å²) >= 11 is 1.48. The largest absolute Gasteiger partial charge is 0.480 e. The molecule has 1 rings (SSSR count). The molecule has 1 atom stereocenters. The third-order valence-electron chi connectivity index (χ3n) is 3.56. The van der Waals surface area contributed by atoms with Crippen molar-refractivity contribution in [3.8, 4) is 0 Å². The molecule has 2 N–H and O–H groups in total. The molecule has 0 bridgehead atoms. The van der Waals surface area contributed by atoms with E-state index in [4.69, 9.17) is 5.11 Å². The van der Waals surface area contributed by atoms with E-state index >= 15 is 0 Å². The summed E-state index contributed by atoms with van der Waals surface area (Å²) < 4.78 is 27.5. The van der Waals surface area contributed by atoms with Gasteiger partial charge in [-0.1, -0.05) is 17.7 Å². The van der Waals surface area contributed by atoms with Crippen LogP contribution in [0.4, 0.5) is 0 Å². The average Bonchev–Trinajstić information content (AvgIpc) is 2.56. The molecule has 1 aromatic rings. The number of benzene rings is 1. The van der Waals surface area contributed by atoms with Crippen LogP contribution in [0.15, 0.2) is 29.2 Å². The summed E-state index contributed by atoms with van der Waals surface area (Å²) in [5.41, 5.74) is 0.924. The van der Waals surface area contributed by atoms with Gasteiger partial charge in [-0.15, -0.1) is 0 Å². The first-order chi connectivity index (χ1) is 11.7. The number of likely N-dealkylation sites (N-methyl/N-ethyl adjacent to an activating group) is 1. The van der Waals surface area contributed by atoms with Crippen molar-refractivity contribution in [3.05, 3.63) is 29.8 Å². The zero-order valence-corrected chi connectivity index (χ0v) is 16.2. The van der Waals surface area contributed by atoms with Crippen LogP contribution in [0.3, 0.4) is 0 Å². The lowest BCUT2D eigenvalue weighted by molar-refractivity contribution is -0.145. The molecule has 0 aliphatic heterocycles. The van der Waals surface area contributed by atoms with Gasteiger partial charge in [0.05, 0.1) is 4.90 Å². The summed E-state index contributed by atoms with van der Waals surface area (Å²) in [6, 6.07) is 5.30. The molecule has 1 amide bonds. The quantitative estimate of drug-likeness (QED) is 0.627. The van der Waals surface area contributed by atoms with Gasteiger partial charge >= 0.3 is 5.97 Å². The lowest BCUT2D eigenvalue weighted by atomic mass is 10.2. The number of nitrogens with one attached hydrogen (secondary N) is 1. The monoisotopic (exact) mass is 388 g/mol. The van der Waals surface area contributed by atoms with Crippen molar-refractivity contribution in [1.82, 2.24) is 9.62 Å². The fourth-order valence-electron chi connectivity index (χ4n) is 2.17. The molecular formula is C16H24N2O5S2. The second kappa shape index (κ2) is 9.79. The van der Waals surface area contributed by atoms with E-state index < -0.39 is 34.5 Å². The Labute approximate surface area is 152 Å². The number of hydrogen-bond donors (Lipinski definition) is 2. The summed E-state index contributed by atoms with van der Waals surface area (Å²) in [6.45, 7) is 3.23. The SMILES string of the molecule is CCN(CC(=O)O)C(=O)C(CCSC)NS(=O)(=O)c1ccc(C)cc1. The topological polar surface area (TPSA) is 104 Å². The number of carbonyl (C=O) groups excluding carboxylic acids is 1. The highest BCUT2D eigenvalue weighted by atomic mass is 32.2. The van der Waals surface area contributed by atoms with Crippen molar-refractivity contribution in [1.29, 1.82) is 0 Å². The maximum absolute atomic E-state index is 12.6. The Morgan fingerprint density at radius 2 is 1.88 bits per heavy atom. The van der Waals surface area contributed by atoms with Crippen molar-refractivity contribution < 1.29 is 23.1 Å². The molecule has 0 aliphatic carbocycles. The number of sulfonamides is 1.